The number of ether oxygens (including phenoxy) is 1. The van der Waals surface area contributed by atoms with Crippen LogP contribution in [0, 0.1) is 0 Å². The number of rotatable bonds is 1. The van der Waals surface area contributed by atoms with Gasteiger partial charge in [0.1, 0.15) is 5.60 Å². The molecule has 0 aromatic carbocycles. The van der Waals surface area contributed by atoms with E-state index >= 15 is 0 Å². The van der Waals surface area contributed by atoms with Crippen LogP contribution in [0.5, 0.6) is 0 Å². The molecule has 100 valence electrons. The van der Waals surface area contributed by atoms with Gasteiger partial charge in [0.25, 0.3) is 5.92 Å². The van der Waals surface area contributed by atoms with E-state index in [0.717, 1.165) is 4.90 Å². The Morgan fingerprint density at radius 3 is 2.59 bits per heavy atom. The highest BCUT2D eigenvalue weighted by molar-refractivity contribution is 5.68. The van der Waals surface area contributed by atoms with E-state index in [4.69, 9.17) is 9.84 Å². The molecule has 0 spiro atoms. The average molecular weight is 251 g/mol. The molecule has 0 aromatic heterocycles. The fraction of sp³-hybridized carbons (Fsp3) is 0.909. The van der Waals surface area contributed by atoms with Crippen LogP contribution >= 0.6 is 0 Å². The molecule has 1 rings (SSSR count). The molecule has 1 N–H and O–H groups in total. The lowest BCUT2D eigenvalue weighted by molar-refractivity contribution is -0.0915. The minimum Gasteiger partial charge on any atom is -0.444 e. The molecule has 1 amide bonds. The first-order chi connectivity index (χ1) is 7.64. The number of aliphatic hydroxyl groups is 1. The van der Waals surface area contributed by atoms with Crippen molar-refractivity contribution < 1.29 is 23.4 Å². The second-order valence-corrected chi connectivity index (χ2v) is 5.34. The summed E-state index contributed by atoms with van der Waals surface area (Å²) in [6.07, 6.45) is -1.02. The van der Waals surface area contributed by atoms with Crippen LogP contribution in [0.1, 0.15) is 33.6 Å². The quantitative estimate of drug-likeness (QED) is 0.775. The number of alkyl halides is 2. The molecular weight excluding hydrogens is 232 g/mol. The Bertz CT molecular complexity index is 289. The van der Waals surface area contributed by atoms with E-state index in [9.17, 15) is 13.6 Å². The van der Waals surface area contributed by atoms with Gasteiger partial charge < -0.3 is 9.84 Å². The minimum absolute atomic E-state index is 0.0861. The van der Waals surface area contributed by atoms with E-state index in [1.165, 1.54) is 0 Å². The molecule has 0 saturated carbocycles. The lowest BCUT2D eigenvalue weighted by atomic mass is 10.0. The molecule has 6 heteroatoms. The van der Waals surface area contributed by atoms with E-state index in [0.29, 0.717) is 0 Å². The molecule has 0 aliphatic carbocycles. The van der Waals surface area contributed by atoms with Crippen LogP contribution in [0.4, 0.5) is 13.6 Å². The number of hydrogen-bond donors (Lipinski definition) is 1. The van der Waals surface area contributed by atoms with Crippen LogP contribution in [-0.4, -0.2) is 46.8 Å². The summed E-state index contributed by atoms with van der Waals surface area (Å²) in [6, 6.07) is -0.579. The molecule has 1 unspecified atom stereocenters. The van der Waals surface area contributed by atoms with Crippen molar-refractivity contribution >= 4 is 6.09 Å². The summed E-state index contributed by atoms with van der Waals surface area (Å²) < 4.78 is 31.5. The van der Waals surface area contributed by atoms with Gasteiger partial charge in [-0.15, -0.1) is 0 Å². The van der Waals surface area contributed by atoms with Gasteiger partial charge in [-0.25, -0.2) is 13.6 Å². The fourth-order valence-corrected chi connectivity index (χ4v) is 1.72. The van der Waals surface area contributed by atoms with Crippen LogP contribution in [0.3, 0.4) is 0 Å². The first-order valence-electron chi connectivity index (χ1n) is 5.63. The predicted molar refractivity (Wildman–Crippen MR) is 58.0 cm³/mol. The molecule has 1 aliphatic heterocycles. The maximum Gasteiger partial charge on any atom is 0.410 e. The average Bonchev–Trinajstić information content (AvgIpc) is 2.13. The number of carbonyl (C=O) groups excluding carboxylic acids is 1. The first-order valence-corrected chi connectivity index (χ1v) is 5.63. The molecule has 4 nitrogen and oxygen atoms in total. The maximum atomic E-state index is 13.2. The normalized spacial score (nSPS) is 24.6. The highest BCUT2D eigenvalue weighted by Crippen LogP contribution is 2.31. The minimum atomic E-state index is -2.90. The first kappa shape index (κ1) is 14.2. The molecular formula is C11H19F2NO3. The van der Waals surface area contributed by atoms with Crippen molar-refractivity contribution in [2.75, 3.05) is 13.2 Å². The summed E-state index contributed by atoms with van der Waals surface area (Å²) in [5.41, 5.74) is -0.732. The van der Waals surface area contributed by atoms with Crippen LogP contribution in [0.2, 0.25) is 0 Å². The van der Waals surface area contributed by atoms with Crippen molar-refractivity contribution in [3.8, 4) is 0 Å². The van der Waals surface area contributed by atoms with Gasteiger partial charge in [-0.05, 0) is 27.2 Å². The van der Waals surface area contributed by atoms with Crippen molar-refractivity contribution in [1.29, 1.82) is 0 Å². The Morgan fingerprint density at radius 1 is 1.53 bits per heavy atom. The van der Waals surface area contributed by atoms with Gasteiger partial charge in [-0.2, -0.15) is 0 Å². The predicted octanol–water partition coefficient (Wildman–Crippen LogP) is 2.01. The summed E-state index contributed by atoms with van der Waals surface area (Å²) >= 11 is 0. The lowest BCUT2D eigenvalue weighted by Gasteiger charge is -2.39. The fourth-order valence-electron chi connectivity index (χ4n) is 1.72. The number of nitrogens with zero attached hydrogens (tertiary/aromatic N) is 1. The zero-order valence-corrected chi connectivity index (χ0v) is 10.4. The van der Waals surface area contributed by atoms with Crippen molar-refractivity contribution in [2.24, 2.45) is 0 Å². The van der Waals surface area contributed by atoms with Gasteiger partial charge in [-0.3, -0.25) is 4.90 Å². The summed E-state index contributed by atoms with van der Waals surface area (Å²) in [6.45, 7) is 3.99. The topological polar surface area (TPSA) is 49.8 Å². The van der Waals surface area contributed by atoms with E-state index in [-0.39, 0.29) is 19.4 Å². The van der Waals surface area contributed by atoms with E-state index in [1.807, 2.05) is 0 Å². The van der Waals surface area contributed by atoms with Crippen LogP contribution in [0.25, 0.3) is 0 Å². The maximum absolute atomic E-state index is 13.2. The third kappa shape index (κ3) is 4.11. The molecule has 0 radical (unpaired) electrons. The van der Waals surface area contributed by atoms with Crippen molar-refractivity contribution in [3.63, 3.8) is 0 Å². The Morgan fingerprint density at radius 2 is 2.12 bits per heavy atom. The van der Waals surface area contributed by atoms with E-state index in [2.05, 4.69) is 0 Å². The number of halogens is 2. The molecule has 1 fully saturated rings. The second kappa shape index (κ2) is 4.76. The van der Waals surface area contributed by atoms with Crippen molar-refractivity contribution in [1.82, 2.24) is 4.90 Å². The Balaban J connectivity index is 2.73. The molecule has 0 aromatic rings. The summed E-state index contributed by atoms with van der Waals surface area (Å²) in [4.78, 5) is 12.7. The largest absolute Gasteiger partial charge is 0.444 e. The summed E-state index contributed by atoms with van der Waals surface area (Å²) in [5.74, 6) is -2.90. The zero-order valence-electron chi connectivity index (χ0n) is 10.4. The van der Waals surface area contributed by atoms with Crippen LogP contribution in [-0.2, 0) is 4.74 Å². The number of carbonyl (C=O) groups is 1. The summed E-state index contributed by atoms with van der Waals surface area (Å²) in [7, 11) is 0. The number of piperidine rings is 1. The van der Waals surface area contributed by atoms with Crippen LogP contribution < -0.4 is 0 Å². The second-order valence-electron chi connectivity index (χ2n) is 5.34. The van der Waals surface area contributed by atoms with Gasteiger partial charge >= 0.3 is 6.09 Å². The highest BCUT2D eigenvalue weighted by atomic mass is 19.3. The number of aliphatic hydroxyl groups excluding tert-OH is 1. The third-order valence-corrected chi connectivity index (χ3v) is 2.52. The van der Waals surface area contributed by atoms with Gasteiger partial charge in [-0.1, -0.05) is 0 Å². The van der Waals surface area contributed by atoms with Gasteiger partial charge in [0, 0.05) is 6.42 Å². The molecule has 1 saturated heterocycles. The van der Waals surface area contributed by atoms with E-state index < -0.39 is 30.2 Å². The number of likely N-dealkylation sites (tertiary alicyclic amines) is 1. The number of amides is 1. The Labute approximate surface area is 99.5 Å². The van der Waals surface area contributed by atoms with Crippen molar-refractivity contribution in [2.45, 2.75) is 51.2 Å². The van der Waals surface area contributed by atoms with Gasteiger partial charge in [0.15, 0.2) is 0 Å². The monoisotopic (exact) mass is 251 g/mol. The summed E-state index contributed by atoms with van der Waals surface area (Å²) in [5, 5.41) is 9.08. The SMILES string of the molecule is CC(C)(C)OC(=O)N1CC(F)(F)CCC1CO. The van der Waals surface area contributed by atoms with E-state index in [1.54, 1.807) is 20.8 Å². The standard InChI is InChI=1S/C11H19F2NO3/c1-10(2,3)17-9(16)14-7-11(12,13)5-4-8(14)6-15/h8,15H,4-7H2,1-3H3. The number of hydrogen-bond acceptors (Lipinski definition) is 3. The molecule has 17 heavy (non-hydrogen) atoms. The van der Waals surface area contributed by atoms with Gasteiger partial charge in [0.2, 0.25) is 0 Å². The van der Waals surface area contributed by atoms with Crippen molar-refractivity contribution in [3.05, 3.63) is 0 Å². The highest BCUT2D eigenvalue weighted by Gasteiger charge is 2.43. The lowest BCUT2D eigenvalue weighted by Crippen LogP contribution is -2.54. The van der Waals surface area contributed by atoms with Gasteiger partial charge in [0.05, 0.1) is 19.2 Å². The molecule has 0 bridgehead atoms. The smallest absolute Gasteiger partial charge is 0.410 e. The van der Waals surface area contributed by atoms with Crippen LogP contribution in [0.15, 0.2) is 0 Å². The zero-order chi connectivity index (χ0) is 13.3. The Kier molecular flexibility index (Phi) is 3.96. The molecule has 1 atom stereocenters. The Hall–Kier alpha value is -0.910. The molecule has 1 heterocycles. The third-order valence-electron chi connectivity index (χ3n) is 2.52. The molecule has 1 aliphatic rings.